The Morgan fingerprint density at radius 3 is 2.00 bits per heavy atom. The molecule has 0 aliphatic carbocycles. The fourth-order valence-corrected chi connectivity index (χ4v) is 3.61. The van der Waals surface area contributed by atoms with Crippen molar-refractivity contribution in [1.82, 2.24) is 4.98 Å². The van der Waals surface area contributed by atoms with Gasteiger partial charge in [-0.2, -0.15) is 5.26 Å². The summed E-state index contributed by atoms with van der Waals surface area (Å²) in [5.74, 6) is 0.702. The first-order valence-electron chi connectivity index (χ1n) is 9.77. The summed E-state index contributed by atoms with van der Waals surface area (Å²) in [6.07, 6.45) is 9.89. The summed E-state index contributed by atoms with van der Waals surface area (Å²) in [5.41, 5.74) is 6.95. The van der Waals surface area contributed by atoms with E-state index in [1.807, 2.05) is 36.4 Å². The summed E-state index contributed by atoms with van der Waals surface area (Å²) in [6.45, 7) is 7.93. The van der Waals surface area contributed by atoms with Crippen LogP contribution in [0, 0.1) is 25.2 Å². The fourth-order valence-electron chi connectivity index (χ4n) is 2.85. The highest BCUT2D eigenvalue weighted by Crippen LogP contribution is 2.26. The zero-order valence-electron chi connectivity index (χ0n) is 17.3. The summed E-state index contributed by atoms with van der Waals surface area (Å²) < 4.78 is 0. The normalized spacial score (nSPS) is 11.1. The van der Waals surface area contributed by atoms with Gasteiger partial charge in [-0.3, -0.25) is 0 Å². The highest BCUT2D eigenvalue weighted by atomic mass is 32.2. The molecule has 3 heteroatoms. The van der Waals surface area contributed by atoms with E-state index >= 15 is 0 Å². The molecule has 1 aromatic heterocycles. The zero-order chi connectivity index (χ0) is 21.3. The standard InChI is InChI=1S/C27H24N2S/c1-4-17-30-27-26(19-28)24(15-13-22-9-5-20(2)6-10-22)18-25(29-27)16-14-23-11-7-21(3)8-12-23/h4-16,18H,1,17H2,2-3H3/b15-13+,16-14+. The molecule has 0 aliphatic heterocycles. The second-order valence-corrected chi connectivity index (χ2v) is 8.02. The maximum Gasteiger partial charge on any atom is 0.115 e. The summed E-state index contributed by atoms with van der Waals surface area (Å²) in [5, 5.41) is 10.5. The van der Waals surface area contributed by atoms with E-state index in [0.717, 1.165) is 27.4 Å². The molecule has 0 N–H and O–H groups in total. The number of nitrogens with zero attached hydrogens (tertiary/aromatic N) is 2. The molecule has 0 radical (unpaired) electrons. The highest BCUT2D eigenvalue weighted by molar-refractivity contribution is 7.99. The average molecular weight is 409 g/mol. The molecule has 2 nitrogen and oxygen atoms in total. The van der Waals surface area contributed by atoms with Crippen molar-refractivity contribution in [3.63, 3.8) is 0 Å². The van der Waals surface area contributed by atoms with Gasteiger partial charge < -0.3 is 0 Å². The molecule has 0 saturated carbocycles. The first-order chi connectivity index (χ1) is 14.6. The lowest BCUT2D eigenvalue weighted by atomic mass is 10.1. The monoisotopic (exact) mass is 408 g/mol. The van der Waals surface area contributed by atoms with Crippen LogP contribution in [0.1, 0.15) is 39.1 Å². The van der Waals surface area contributed by atoms with Crippen LogP contribution in [0.15, 0.2) is 72.3 Å². The molecule has 3 rings (SSSR count). The Hall–Kier alpha value is -3.35. The van der Waals surface area contributed by atoms with E-state index < -0.39 is 0 Å². The van der Waals surface area contributed by atoms with Crippen LogP contribution in [0.25, 0.3) is 24.3 Å². The van der Waals surface area contributed by atoms with E-state index in [-0.39, 0.29) is 0 Å². The quantitative estimate of drug-likeness (QED) is 0.307. The Kier molecular flexibility index (Phi) is 7.43. The molecule has 1 heterocycles. The minimum atomic E-state index is 0.595. The number of hydrogen-bond acceptors (Lipinski definition) is 3. The van der Waals surface area contributed by atoms with E-state index in [2.05, 4.69) is 75.0 Å². The van der Waals surface area contributed by atoms with Gasteiger partial charge in [0.15, 0.2) is 0 Å². The lowest BCUT2D eigenvalue weighted by molar-refractivity contribution is 1.09. The predicted molar refractivity (Wildman–Crippen MR) is 130 cm³/mol. The molecule has 0 atom stereocenters. The third-order valence-corrected chi connectivity index (χ3v) is 5.51. The molecule has 0 bridgehead atoms. The van der Waals surface area contributed by atoms with Crippen LogP contribution in [0.4, 0.5) is 0 Å². The topological polar surface area (TPSA) is 36.7 Å². The number of hydrogen-bond donors (Lipinski definition) is 0. The van der Waals surface area contributed by atoms with Crippen molar-refractivity contribution < 1.29 is 0 Å². The molecular formula is C27H24N2S. The number of rotatable bonds is 7. The minimum absolute atomic E-state index is 0.595. The number of aryl methyl sites for hydroxylation is 2. The van der Waals surface area contributed by atoms with Gasteiger partial charge in [0.2, 0.25) is 0 Å². The summed E-state index contributed by atoms with van der Waals surface area (Å²) in [7, 11) is 0. The van der Waals surface area contributed by atoms with Crippen LogP contribution in [0.5, 0.6) is 0 Å². The molecule has 0 spiro atoms. The lowest BCUT2D eigenvalue weighted by Crippen LogP contribution is -1.95. The zero-order valence-corrected chi connectivity index (χ0v) is 18.1. The van der Waals surface area contributed by atoms with E-state index in [1.54, 1.807) is 0 Å². The molecule has 0 amide bonds. The number of pyridine rings is 1. The van der Waals surface area contributed by atoms with Crippen molar-refractivity contribution in [3.8, 4) is 6.07 Å². The largest absolute Gasteiger partial charge is 0.241 e. The van der Waals surface area contributed by atoms with Crippen LogP contribution in [0.2, 0.25) is 0 Å². The maximum absolute atomic E-state index is 9.78. The summed E-state index contributed by atoms with van der Waals surface area (Å²) >= 11 is 1.53. The first-order valence-corrected chi connectivity index (χ1v) is 10.8. The van der Waals surface area contributed by atoms with E-state index in [9.17, 15) is 5.26 Å². The van der Waals surface area contributed by atoms with Crippen molar-refractivity contribution in [2.45, 2.75) is 18.9 Å². The van der Waals surface area contributed by atoms with Gasteiger partial charge in [-0.15, -0.1) is 18.3 Å². The molecule has 3 aromatic rings. The molecule has 0 fully saturated rings. The molecule has 30 heavy (non-hydrogen) atoms. The lowest BCUT2D eigenvalue weighted by Gasteiger charge is -2.07. The minimum Gasteiger partial charge on any atom is -0.241 e. The van der Waals surface area contributed by atoms with Crippen LogP contribution >= 0.6 is 11.8 Å². The third-order valence-electron chi connectivity index (χ3n) is 4.54. The Labute approximate surface area is 183 Å². The molecule has 0 aliphatic rings. The van der Waals surface area contributed by atoms with Gasteiger partial charge in [0.05, 0.1) is 11.3 Å². The average Bonchev–Trinajstić information content (AvgIpc) is 2.76. The molecular weight excluding hydrogens is 384 g/mol. The van der Waals surface area contributed by atoms with Crippen LogP contribution < -0.4 is 0 Å². The summed E-state index contributed by atoms with van der Waals surface area (Å²) in [6, 6.07) is 21.0. The van der Waals surface area contributed by atoms with Crippen molar-refractivity contribution in [1.29, 1.82) is 5.26 Å². The van der Waals surface area contributed by atoms with Crippen molar-refractivity contribution >= 4 is 36.1 Å². The Balaban J connectivity index is 1.99. The maximum atomic E-state index is 9.78. The van der Waals surface area contributed by atoms with Gasteiger partial charge in [-0.1, -0.05) is 84.0 Å². The second-order valence-electron chi connectivity index (χ2n) is 7.02. The van der Waals surface area contributed by atoms with Crippen molar-refractivity contribution in [2.24, 2.45) is 0 Å². The van der Waals surface area contributed by atoms with Gasteiger partial charge in [-0.25, -0.2) is 4.98 Å². The number of thioether (sulfide) groups is 1. The van der Waals surface area contributed by atoms with Crippen molar-refractivity contribution in [2.75, 3.05) is 5.75 Å². The van der Waals surface area contributed by atoms with Gasteiger partial charge in [-0.05, 0) is 42.7 Å². The molecule has 148 valence electrons. The molecule has 0 saturated heterocycles. The highest BCUT2D eigenvalue weighted by Gasteiger charge is 2.10. The van der Waals surface area contributed by atoms with Gasteiger partial charge in [0.25, 0.3) is 0 Å². The Bertz CT molecular complexity index is 1120. The van der Waals surface area contributed by atoms with E-state index in [4.69, 9.17) is 4.98 Å². The SMILES string of the molecule is C=CCSc1nc(/C=C/c2ccc(C)cc2)cc(/C=C/c2ccc(C)cc2)c1C#N. The van der Waals surface area contributed by atoms with Gasteiger partial charge in [0, 0.05) is 5.75 Å². The van der Waals surface area contributed by atoms with Crippen LogP contribution in [0.3, 0.4) is 0 Å². The Morgan fingerprint density at radius 1 is 0.900 bits per heavy atom. The van der Waals surface area contributed by atoms with Gasteiger partial charge in [0.1, 0.15) is 11.1 Å². The fraction of sp³-hybridized carbons (Fsp3) is 0.111. The van der Waals surface area contributed by atoms with Crippen molar-refractivity contribution in [3.05, 3.63) is 106 Å². The smallest absolute Gasteiger partial charge is 0.115 e. The molecule has 0 unspecified atom stereocenters. The van der Waals surface area contributed by atoms with E-state index in [1.165, 1.54) is 22.9 Å². The predicted octanol–water partition coefficient (Wildman–Crippen LogP) is 7.19. The Morgan fingerprint density at radius 2 is 1.47 bits per heavy atom. The van der Waals surface area contributed by atoms with Crippen LogP contribution in [-0.4, -0.2) is 10.7 Å². The molecule has 2 aromatic carbocycles. The first kappa shape index (κ1) is 21.4. The second kappa shape index (κ2) is 10.4. The number of nitriles is 1. The van der Waals surface area contributed by atoms with E-state index in [0.29, 0.717) is 11.3 Å². The number of benzene rings is 2. The van der Waals surface area contributed by atoms with Gasteiger partial charge >= 0.3 is 0 Å². The van der Waals surface area contributed by atoms with Crippen LogP contribution in [-0.2, 0) is 0 Å². The third kappa shape index (κ3) is 5.83. The summed E-state index contributed by atoms with van der Waals surface area (Å²) in [4.78, 5) is 4.71. The number of aromatic nitrogens is 1.